The lowest BCUT2D eigenvalue weighted by atomic mass is 10.1. The van der Waals surface area contributed by atoms with Gasteiger partial charge in [-0.2, -0.15) is 0 Å². The molecule has 0 amide bonds. The van der Waals surface area contributed by atoms with Crippen LogP contribution in [0.1, 0.15) is 0 Å². The van der Waals surface area contributed by atoms with Crippen molar-refractivity contribution in [3.8, 4) is 28.0 Å². The highest BCUT2D eigenvalue weighted by Gasteiger charge is 2.04. The maximum atomic E-state index is 12.7. The third-order valence-electron chi connectivity index (χ3n) is 4.07. The molecule has 4 aromatic rings. The van der Waals surface area contributed by atoms with Gasteiger partial charge in [-0.1, -0.05) is 70.5 Å². The maximum Gasteiger partial charge on any atom is 0.123 e. The van der Waals surface area contributed by atoms with Gasteiger partial charge in [-0.25, -0.2) is 8.78 Å². The summed E-state index contributed by atoms with van der Waals surface area (Å²) in [5.41, 5.74) is 3.63. The lowest BCUT2D eigenvalue weighted by molar-refractivity contribution is 0.477. The number of aromatic hydroxyl groups is 1. The minimum absolute atomic E-state index is 0.185. The molecule has 4 heteroatoms. The molecule has 0 aliphatic carbocycles. The monoisotopic (exact) mass is 438 g/mol. The number of rotatable bonds is 2. The van der Waals surface area contributed by atoms with Gasteiger partial charge in [0, 0.05) is 10.0 Å². The normalized spacial score (nSPS) is 10.1. The Labute approximate surface area is 171 Å². The fraction of sp³-hybridized carbons (Fsp3) is 0. The van der Waals surface area contributed by atoms with Crippen LogP contribution in [0, 0.1) is 11.6 Å². The van der Waals surface area contributed by atoms with Gasteiger partial charge in [-0.05, 0) is 59.2 Å². The zero-order chi connectivity index (χ0) is 19.9. The minimum Gasteiger partial charge on any atom is -0.507 e. The molecule has 0 saturated heterocycles. The predicted octanol–water partition coefficient (Wildman–Crippen LogP) is 7.45. The average molecular weight is 439 g/mol. The molecule has 0 radical (unpaired) electrons. The molecule has 0 aromatic heterocycles. The van der Waals surface area contributed by atoms with Gasteiger partial charge in [0.25, 0.3) is 0 Å². The fourth-order valence-electron chi connectivity index (χ4n) is 2.64. The van der Waals surface area contributed by atoms with Crippen molar-refractivity contribution in [2.75, 3.05) is 0 Å². The van der Waals surface area contributed by atoms with Gasteiger partial charge in [0.1, 0.15) is 17.4 Å². The number of hydrogen-bond donors (Lipinski definition) is 1. The molecule has 0 unspecified atom stereocenters. The Bertz CT molecular complexity index is 1030. The molecule has 0 aliphatic rings. The second kappa shape index (κ2) is 9.29. The van der Waals surface area contributed by atoms with Crippen LogP contribution in [0.25, 0.3) is 22.3 Å². The maximum absolute atomic E-state index is 12.7. The topological polar surface area (TPSA) is 20.2 Å². The fourth-order valence-corrected chi connectivity index (χ4v) is 3.00. The predicted molar refractivity (Wildman–Crippen MR) is 113 cm³/mol. The molecule has 0 heterocycles. The van der Waals surface area contributed by atoms with Crippen molar-refractivity contribution in [2.45, 2.75) is 0 Å². The van der Waals surface area contributed by atoms with E-state index in [1.807, 2.05) is 30.3 Å². The highest BCUT2D eigenvalue weighted by atomic mass is 79.9. The zero-order valence-electron chi connectivity index (χ0n) is 14.8. The second-order valence-electron chi connectivity index (χ2n) is 6.04. The number of phenolic OH excluding ortho intramolecular Hbond substituents is 1. The third-order valence-corrected chi connectivity index (χ3v) is 4.56. The van der Waals surface area contributed by atoms with Crippen molar-refractivity contribution in [3.05, 3.63) is 113 Å². The van der Waals surface area contributed by atoms with Crippen molar-refractivity contribution in [3.63, 3.8) is 0 Å². The quantitative estimate of drug-likeness (QED) is 0.344. The Kier molecular flexibility index (Phi) is 6.56. The van der Waals surface area contributed by atoms with Crippen LogP contribution >= 0.6 is 15.9 Å². The number of phenols is 1. The van der Waals surface area contributed by atoms with E-state index in [0.29, 0.717) is 5.56 Å². The lowest BCUT2D eigenvalue weighted by Gasteiger charge is -2.05. The molecule has 4 aromatic carbocycles. The van der Waals surface area contributed by atoms with Crippen molar-refractivity contribution in [2.24, 2.45) is 0 Å². The minimum atomic E-state index is -0.284. The van der Waals surface area contributed by atoms with Gasteiger partial charge >= 0.3 is 0 Å². The van der Waals surface area contributed by atoms with Gasteiger partial charge in [0.15, 0.2) is 0 Å². The SMILES string of the molecule is Fc1ccc(-c2ccccc2)cc1.Oc1ccc(Br)cc1-c1ccc(F)cc1. The summed E-state index contributed by atoms with van der Waals surface area (Å²) in [6.07, 6.45) is 0. The molecule has 0 bridgehead atoms. The molecule has 140 valence electrons. The van der Waals surface area contributed by atoms with E-state index in [-0.39, 0.29) is 17.4 Å². The number of halogens is 3. The van der Waals surface area contributed by atoms with E-state index < -0.39 is 0 Å². The summed E-state index contributed by atoms with van der Waals surface area (Å²) in [7, 11) is 0. The van der Waals surface area contributed by atoms with E-state index in [2.05, 4.69) is 15.9 Å². The molecule has 4 rings (SSSR count). The van der Waals surface area contributed by atoms with Crippen molar-refractivity contribution in [1.82, 2.24) is 0 Å². The Balaban J connectivity index is 0.000000162. The molecule has 28 heavy (non-hydrogen) atoms. The van der Waals surface area contributed by atoms with Crippen LogP contribution in [0.4, 0.5) is 8.78 Å². The summed E-state index contributed by atoms with van der Waals surface area (Å²) in [6.45, 7) is 0. The molecule has 0 fully saturated rings. The van der Waals surface area contributed by atoms with Crippen molar-refractivity contribution >= 4 is 15.9 Å². The first-order chi connectivity index (χ1) is 13.5. The van der Waals surface area contributed by atoms with Gasteiger partial charge in [-0.15, -0.1) is 0 Å². The Morgan fingerprint density at radius 2 is 1.07 bits per heavy atom. The lowest BCUT2D eigenvalue weighted by Crippen LogP contribution is -1.80. The van der Waals surface area contributed by atoms with Crippen LogP contribution in [-0.4, -0.2) is 5.11 Å². The van der Waals surface area contributed by atoms with Crippen LogP contribution in [0.2, 0.25) is 0 Å². The molecule has 0 spiro atoms. The molecule has 0 atom stereocenters. The van der Waals surface area contributed by atoms with Crippen LogP contribution in [0.5, 0.6) is 5.75 Å². The van der Waals surface area contributed by atoms with E-state index in [1.165, 1.54) is 24.3 Å². The van der Waals surface area contributed by atoms with E-state index in [0.717, 1.165) is 21.2 Å². The van der Waals surface area contributed by atoms with E-state index in [4.69, 9.17) is 0 Å². The molecule has 1 N–H and O–H groups in total. The van der Waals surface area contributed by atoms with E-state index in [9.17, 15) is 13.9 Å². The standard InChI is InChI=1S/C12H8BrFO.C12H9F/c13-9-3-6-12(15)11(7-9)8-1-4-10(14)5-2-8;13-12-8-6-11(7-9-12)10-4-2-1-3-5-10/h1-7,15H;1-9H. The number of hydrogen-bond acceptors (Lipinski definition) is 1. The van der Waals surface area contributed by atoms with Gasteiger partial charge in [0.2, 0.25) is 0 Å². The molecule has 1 nitrogen and oxygen atoms in total. The first kappa shape index (κ1) is 19.8. The smallest absolute Gasteiger partial charge is 0.123 e. The highest BCUT2D eigenvalue weighted by Crippen LogP contribution is 2.31. The zero-order valence-corrected chi connectivity index (χ0v) is 16.4. The van der Waals surface area contributed by atoms with Gasteiger partial charge in [0.05, 0.1) is 0 Å². The van der Waals surface area contributed by atoms with Crippen LogP contribution < -0.4 is 0 Å². The Morgan fingerprint density at radius 3 is 1.64 bits per heavy atom. The second-order valence-corrected chi connectivity index (χ2v) is 6.96. The highest BCUT2D eigenvalue weighted by molar-refractivity contribution is 9.10. The Hall–Kier alpha value is -2.98. The van der Waals surface area contributed by atoms with Crippen LogP contribution in [-0.2, 0) is 0 Å². The summed E-state index contributed by atoms with van der Waals surface area (Å²) >= 11 is 3.32. The first-order valence-corrected chi connectivity index (χ1v) is 9.38. The average Bonchev–Trinajstić information content (AvgIpc) is 2.72. The van der Waals surface area contributed by atoms with Crippen LogP contribution in [0.15, 0.2) is 102 Å². The van der Waals surface area contributed by atoms with E-state index in [1.54, 1.807) is 42.5 Å². The molecule has 0 saturated carbocycles. The summed E-state index contributed by atoms with van der Waals surface area (Å²) in [5, 5.41) is 9.64. The summed E-state index contributed by atoms with van der Waals surface area (Å²) in [4.78, 5) is 0. The largest absolute Gasteiger partial charge is 0.507 e. The molecule has 0 aliphatic heterocycles. The summed E-state index contributed by atoms with van der Waals surface area (Å²) in [5.74, 6) is -0.294. The Morgan fingerprint density at radius 1 is 0.571 bits per heavy atom. The summed E-state index contributed by atoms with van der Waals surface area (Å²) in [6, 6.07) is 27.6. The summed E-state index contributed by atoms with van der Waals surface area (Å²) < 4.78 is 26.2. The number of benzene rings is 4. The molecular formula is C24H17BrF2O. The van der Waals surface area contributed by atoms with E-state index >= 15 is 0 Å². The van der Waals surface area contributed by atoms with Crippen molar-refractivity contribution < 1.29 is 13.9 Å². The van der Waals surface area contributed by atoms with Gasteiger partial charge < -0.3 is 5.11 Å². The third kappa shape index (κ3) is 5.27. The first-order valence-electron chi connectivity index (χ1n) is 8.58. The molecular weight excluding hydrogens is 422 g/mol. The van der Waals surface area contributed by atoms with Crippen LogP contribution in [0.3, 0.4) is 0 Å². The van der Waals surface area contributed by atoms with Crippen molar-refractivity contribution in [1.29, 1.82) is 0 Å². The van der Waals surface area contributed by atoms with Gasteiger partial charge in [-0.3, -0.25) is 0 Å².